The van der Waals surface area contributed by atoms with E-state index < -0.39 is 6.04 Å². The van der Waals surface area contributed by atoms with E-state index in [1.807, 2.05) is 12.1 Å². The molecule has 1 aromatic carbocycles. The average molecular weight is 456 g/mol. The Balaban J connectivity index is 1.74. The van der Waals surface area contributed by atoms with Gasteiger partial charge in [-0.3, -0.25) is 20.1 Å². The van der Waals surface area contributed by atoms with E-state index in [9.17, 15) is 10.1 Å². The molecule has 0 amide bonds. The summed E-state index contributed by atoms with van der Waals surface area (Å²) in [5, 5.41) is 13.0. The first-order valence-electron chi connectivity index (χ1n) is 9.75. The summed E-state index contributed by atoms with van der Waals surface area (Å²) in [6, 6.07) is 11.6. The third kappa shape index (κ3) is 4.86. The molecule has 8 heteroatoms. The zero-order valence-corrected chi connectivity index (χ0v) is 18.0. The molecule has 4 rings (SSSR count). The first kappa shape index (κ1) is 21.3. The first-order chi connectivity index (χ1) is 15.0. The Morgan fingerprint density at radius 3 is 2.55 bits per heavy atom. The maximum atomic E-state index is 12.0. The van der Waals surface area contributed by atoms with Crippen molar-refractivity contribution in [2.24, 2.45) is 0 Å². The number of benzene rings is 1. The Kier molecular flexibility index (Phi) is 6.49. The lowest BCUT2D eigenvalue weighted by Crippen LogP contribution is -2.33. The van der Waals surface area contributed by atoms with Gasteiger partial charge in [-0.05, 0) is 59.0 Å². The minimum Gasteiger partial charge on any atom is -0.489 e. The van der Waals surface area contributed by atoms with Crippen LogP contribution < -0.4 is 4.74 Å². The topological polar surface area (TPSA) is 78.2 Å². The van der Waals surface area contributed by atoms with Crippen molar-refractivity contribution in [1.29, 1.82) is 0 Å². The summed E-state index contributed by atoms with van der Waals surface area (Å²) in [5.41, 5.74) is 3.53. The number of hydrogen-bond donors (Lipinski definition) is 0. The predicted molar refractivity (Wildman–Crippen MR) is 120 cm³/mol. The molecule has 0 fully saturated rings. The fourth-order valence-electron chi connectivity index (χ4n) is 3.97. The van der Waals surface area contributed by atoms with E-state index in [-0.39, 0.29) is 23.9 Å². The van der Waals surface area contributed by atoms with Gasteiger partial charge in [0.05, 0.1) is 5.92 Å². The monoisotopic (exact) mass is 455 g/mol. The highest BCUT2D eigenvalue weighted by Crippen LogP contribution is 2.44. The minimum atomic E-state index is -0.824. The van der Waals surface area contributed by atoms with Crippen LogP contribution in [-0.4, -0.2) is 27.5 Å². The van der Waals surface area contributed by atoms with Gasteiger partial charge in [-0.2, -0.15) is 0 Å². The van der Waals surface area contributed by atoms with Crippen molar-refractivity contribution in [3.63, 3.8) is 0 Å². The Morgan fingerprint density at radius 1 is 1.06 bits per heavy atom. The van der Waals surface area contributed by atoms with Crippen LogP contribution in [0.3, 0.4) is 0 Å². The third-order valence-corrected chi connectivity index (χ3v) is 6.04. The Labute approximate surface area is 189 Å². The van der Waals surface area contributed by atoms with Crippen LogP contribution in [0.5, 0.6) is 5.75 Å². The number of hydrogen-bond acceptors (Lipinski definition) is 5. The van der Waals surface area contributed by atoms with Crippen LogP contribution in [0.25, 0.3) is 5.57 Å². The van der Waals surface area contributed by atoms with Crippen molar-refractivity contribution in [1.82, 2.24) is 9.97 Å². The lowest BCUT2D eigenvalue weighted by molar-refractivity contribution is -0.526. The van der Waals surface area contributed by atoms with Gasteiger partial charge in [0.2, 0.25) is 6.04 Å². The molecule has 6 nitrogen and oxygen atoms in total. The van der Waals surface area contributed by atoms with E-state index in [2.05, 4.69) is 9.97 Å². The molecule has 2 heterocycles. The molecule has 31 heavy (non-hydrogen) atoms. The second-order valence-electron chi connectivity index (χ2n) is 7.33. The van der Waals surface area contributed by atoms with Gasteiger partial charge in [0.15, 0.2) is 0 Å². The number of ether oxygens (including phenoxy) is 1. The van der Waals surface area contributed by atoms with Crippen molar-refractivity contribution in [2.45, 2.75) is 24.8 Å². The molecule has 158 valence electrons. The maximum Gasteiger partial charge on any atom is 0.224 e. The second-order valence-corrected chi connectivity index (χ2v) is 8.17. The van der Waals surface area contributed by atoms with Crippen LogP contribution in [-0.2, 0) is 0 Å². The lowest BCUT2D eigenvalue weighted by Gasteiger charge is -2.31. The van der Waals surface area contributed by atoms with Crippen LogP contribution in [0.4, 0.5) is 0 Å². The quantitative estimate of drug-likeness (QED) is 0.344. The number of nitro groups is 1. The van der Waals surface area contributed by atoms with Gasteiger partial charge in [-0.1, -0.05) is 35.3 Å². The summed E-state index contributed by atoms with van der Waals surface area (Å²) in [6.07, 6.45) is 7.47. The highest BCUT2D eigenvalue weighted by Gasteiger charge is 2.40. The van der Waals surface area contributed by atoms with Crippen molar-refractivity contribution < 1.29 is 9.66 Å². The predicted octanol–water partition coefficient (Wildman–Crippen LogP) is 5.84. The van der Waals surface area contributed by atoms with Gasteiger partial charge >= 0.3 is 0 Å². The van der Waals surface area contributed by atoms with E-state index in [1.165, 1.54) is 0 Å². The standard InChI is InChI=1S/C23H19Cl2N3O3/c24-17-3-4-19(22(25)11-17)21-12-20(15-2-1-7-27-13-15)16(10-23(21)28(29)30)14-31-18-5-8-26-9-6-18/h1-9,11,13,21,23H,10,12,14H2/t21-,23+/m1/s1. The molecule has 3 aromatic rings. The molecule has 1 aliphatic carbocycles. The molecule has 2 atom stereocenters. The van der Waals surface area contributed by atoms with Gasteiger partial charge < -0.3 is 4.74 Å². The molecule has 0 radical (unpaired) electrons. The molecule has 0 bridgehead atoms. The molecule has 0 saturated carbocycles. The SMILES string of the molecule is O=[N+]([O-])[C@H]1CC(COc2ccncc2)=C(c2cccnc2)C[C@@H]1c1ccc(Cl)cc1Cl. The Bertz CT molecular complexity index is 1110. The molecule has 0 spiro atoms. The zero-order valence-electron chi connectivity index (χ0n) is 16.4. The normalized spacial score (nSPS) is 18.6. The fourth-order valence-corrected chi connectivity index (χ4v) is 4.52. The molecule has 0 saturated heterocycles. The Hall–Kier alpha value is -2.96. The number of aromatic nitrogens is 2. The van der Waals surface area contributed by atoms with Crippen LogP contribution >= 0.6 is 23.2 Å². The number of halogens is 2. The number of nitrogens with zero attached hydrogens (tertiary/aromatic N) is 3. The lowest BCUT2D eigenvalue weighted by atomic mass is 9.75. The minimum absolute atomic E-state index is 0.220. The van der Waals surface area contributed by atoms with Gasteiger partial charge in [0, 0.05) is 46.2 Å². The van der Waals surface area contributed by atoms with Gasteiger partial charge in [-0.15, -0.1) is 0 Å². The van der Waals surface area contributed by atoms with Crippen molar-refractivity contribution in [3.8, 4) is 5.75 Å². The molecular formula is C23H19Cl2N3O3. The van der Waals surface area contributed by atoms with E-state index in [4.69, 9.17) is 27.9 Å². The third-order valence-electron chi connectivity index (χ3n) is 5.48. The molecule has 1 aliphatic rings. The summed E-state index contributed by atoms with van der Waals surface area (Å²) in [5.74, 6) is 0.271. The molecule has 0 unspecified atom stereocenters. The number of pyridine rings is 2. The van der Waals surface area contributed by atoms with Crippen LogP contribution in [0.2, 0.25) is 10.0 Å². The van der Waals surface area contributed by atoms with Gasteiger partial charge in [0.1, 0.15) is 12.4 Å². The number of allylic oxidation sites excluding steroid dienone is 1. The maximum absolute atomic E-state index is 12.0. The first-order valence-corrected chi connectivity index (χ1v) is 10.5. The highest BCUT2D eigenvalue weighted by molar-refractivity contribution is 6.35. The summed E-state index contributed by atoms with van der Waals surface area (Å²) >= 11 is 12.5. The molecule has 2 aromatic heterocycles. The van der Waals surface area contributed by atoms with Crippen LogP contribution in [0.15, 0.2) is 72.8 Å². The molecular weight excluding hydrogens is 437 g/mol. The van der Waals surface area contributed by atoms with Crippen molar-refractivity contribution in [3.05, 3.63) is 104 Å². The second kappa shape index (κ2) is 9.45. The van der Waals surface area contributed by atoms with Crippen LogP contribution in [0.1, 0.15) is 29.9 Å². The highest BCUT2D eigenvalue weighted by atomic mass is 35.5. The van der Waals surface area contributed by atoms with E-state index in [0.29, 0.717) is 22.2 Å². The van der Waals surface area contributed by atoms with E-state index in [0.717, 1.165) is 22.3 Å². The summed E-state index contributed by atoms with van der Waals surface area (Å²) in [6.45, 7) is 0.250. The van der Waals surface area contributed by atoms with Gasteiger partial charge in [0.25, 0.3) is 0 Å². The summed E-state index contributed by atoms with van der Waals surface area (Å²) in [4.78, 5) is 20.0. The Morgan fingerprint density at radius 2 is 1.87 bits per heavy atom. The molecule has 0 aliphatic heterocycles. The van der Waals surface area contributed by atoms with Crippen molar-refractivity contribution in [2.75, 3.05) is 6.61 Å². The molecule has 0 N–H and O–H groups in total. The average Bonchev–Trinajstić information content (AvgIpc) is 2.78. The van der Waals surface area contributed by atoms with E-state index >= 15 is 0 Å². The fraction of sp³-hybridized carbons (Fsp3) is 0.217. The largest absolute Gasteiger partial charge is 0.489 e. The summed E-state index contributed by atoms with van der Waals surface area (Å²) in [7, 11) is 0. The van der Waals surface area contributed by atoms with Gasteiger partial charge in [-0.25, -0.2) is 0 Å². The summed E-state index contributed by atoms with van der Waals surface area (Å²) < 4.78 is 5.92. The van der Waals surface area contributed by atoms with Crippen LogP contribution in [0, 0.1) is 10.1 Å². The van der Waals surface area contributed by atoms with E-state index in [1.54, 1.807) is 55.1 Å². The zero-order chi connectivity index (χ0) is 21.8. The smallest absolute Gasteiger partial charge is 0.224 e. The number of rotatable bonds is 6. The van der Waals surface area contributed by atoms with Crippen molar-refractivity contribution >= 4 is 28.8 Å².